The van der Waals surface area contributed by atoms with Gasteiger partial charge in [0.05, 0.1) is 0 Å². The van der Waals surface area contributed by atoms with Gasteiger partial charge in [-0.3, -0.25) is 11.3 Å². The SMILES string of the molecule is CCC1CC1(Cl)Cl.CNN. The van der Waals surface area contributed by atoms with Crippen LogP contribution in [0.4, 0.5) is 0 Å². The Hall–Kier alpha value is 0.500. The van der Waals surface area contributed by atoms with Crippen LogP contribution in [-0.2, 0) is 0 Å². The van der Waals surface area contributed by atoms with Crippen LogP contribution in [-0.4, -0.2) is 11.4 Å². The van der Waals surface area contributed by atoms with Crippen molar-refractivity contribution in [3.05, 3.63) is 0 Å². The molecule has 62 valence electrons. The molecule has 1 atom stereocenters. The molecule has 1 aliphatic rings. The zero-order valence-corrected chi connectivity index (χ0v) is 7.84. The van der Waals surface area contributed by atoms with Crippen molar-refractivity contribution in [3.63, 3.8) is 0 Å². The molecule has 0 aromatic carbocycles. The van der Waals surface area contributed by atoms with E-state index in [9.17, 15) is 0 Å². The Morgan fingerprint density at radius 2 is 2.00 bits per heavy atom. The van der Waals surface area contributed by atoms with E-state index in [1.807, 2.05) is 0 Å². The second-order valence-electron chi connectivity index (χ2n) is 2.36. The number of halogens is 2. The molecule has 0 heterocycles. The van der Waals surface area contributed by atoms with E-state index in [1.165, 1.54) is 0 Å². The fourth-order valence-corrected chi connectivity index (χ4v) is 1.39. The maximum atomic E-state index is 5.67. The number of nitrogens with two attached hydrogens (primary N) is 1. The predicted octanol–water partition coefficient (Wildman–Crippen LogP) is 1.67. The first-order chi connectivity index (χ1) is 4.58. The van der Waals surface area contributed by atoms with Crippen molar-refractivity contribution < 1.29 is 0 Å². The summed E-state index contributed by atoms with van der Waals surface area (Å²) >= 11 is 11.3. The van der Waals surface area contributed by atoms with Gasteiger partial charge in [0, 0.05) is 0 Å². The first-order valence-electron chi connectivity index (χ1n) is 3.33. The molecular weight excluding hydrogens is 171 g/mol. The second kappa shape index (κ2) is 4.39. The molecule has 0 spiro atoms. The van der Waals surface area contributed by atoms with E-state index in [2.05, 4.69) is 18.2 Å². The van der Waals surface area contributed by atoms with Gasteiger partial charge in [-0.2, -0.15) is 0 Å². The average Bonchev–Trinajstić information content (AvgIpc) is 2.42. The van der Waals surface area contributed by atoms with Gasteiger partial charge in [-0.25, -0.2) is 0 Å². The highest BCUT2D eigenvalue weighted by Crippen LogP contribution is 2.54. The van der Waals surface area contributed by atoms with Crippen molar-refractivity contribution in [1.29, 1.82) is 0 Å². The molecule has 1 rings (SSSR count). The number of nitrogens with one attached hydrogen (secondary N) is 1. The minimum atomic E-state index is -0.339. The van der Waals surface area contributed by atoms with E-state index in [-0.39, 0.29) is 4.33 Å². The molecule has 0 saturated heterocycles. The first kappa shape index (κ1) is 10.5. The molecule has 1 saturated carbocycles. The number of rotatable bonds is 1. The Balaban J connectivity index is 0.000000236. The summed E-state index contributed by atoms with van der Waals surface area (Å²) in [6, 6.07) is 0. The van der Waals surface area contributed by atoms with E-state index in [0.717, 1.165) is 12.8 Å². The molecule has 1 unspecified atom stereocenters. The lowest BCUT2D eigenvalue weighted by molar-refractivity contribution is 0.788. The van der Waals surface area contributed by atoms with Crippen molar-refractivity contribution in [3.8, 4) is 0 Å². The second-order valence-corrected chi connectivity index (χ2v) is 3.90. The third-order valence-corrected chi connectivity index (χ3v) is 2.37. The molecule has 0 amide bonds. The lowest BCUT2D eigenvalue weighted by Crippen LogP contribution is -2.13. The lowest BCUT2D eigenvalue weighted by atomic mass is 10.3. The molecule has 10 heavy (non-hydrogen) atoms. The lowest BCUT2D eigenvalue weighted by Gasteiger charge is -1.90. The number of hydrogen-bond acceptors (Lipinski definition) is 2. The van der Waals surface area contributed by atoms with Crippen LogP contribution in [0.5, 0.6) is 0 Å². The van der Waals surface area contributed by atoms with E-state index in [0.29, 0.717) is 5.92 Å². The van der Waals surface area contributed by atoms with Gasteiger partial charge in [0.25, 0.3) is 0 Å². The van der Waals surface area contributed by atoms with Crippen LogP contribution in [0.1, 0.15) is 19.8 Å². The molecule has 0 radical (unpaired) electrons. The van der Waals surface area contributed by atoms with Gasteiger partial charge in [-0.1, -0.05) is 13.3 Å². The average molecular weight is 185 g/mol. The van der Waals surface area contributed by atoms with Crippen molar-refractivity contribution in [2.45, 2.75) is 24.1 Å². The van der Waals surface area contributed by atoms with Gasteiger partial charge in [0.2, 0.25) is 0 Å². The van der Waals surface area contributed by atoms with Gasteiger partial charge < -0.3 is 0 Å². The summed E-state index contributed by atoms with van der Waals surface area (Å²) in [5, 5.41) is 0. The van der Waals surface area contributed by atoms with Gasteiger partial charge in [0.1, 0.15) is 4.33 Å². The molecule has 4 heteroatoms. The van der Waals surface area contributed by atoms with Crippen molar-refractivity contribution in [2.24, 2.45) is 11.8 Å². The summed E-state index contributed by atoms with van der Waals surface area (Å²) < 4.78 is -0.339. The summed E-state index contributed by atoms with van der Waals surface area (Å²) in [6.45, 7) is 2.11. The van der Waals surface area contributed by atoms with E-state index in [4.69, 9.17) is 23.2 Å². The van der Waals surface area contributed by atoms with E-state index in [1.54, 1.807) is 7.05 Å². The Morgan fingerprint density at radius 1 is 1.70 bits per heavy atom. The minimum absolute atomic E-state index is 0.339. The third-order valence-electron chi connectivity index (χ3n) is 1.45. The molecule has 2 nitrogen and oxygen atoms in total. The Labute approximate surface area is 72.0 Å². The van der Waals surface area contributed by atoms with Crippen LogP contribution in [0.3, 0.4) is 0 Å². The molecule has 1 fully saturated rings. The maximum absolute atomic E-state index is 5.67. The quantitative estimate of drug-likeness (QED) is 0.370. The normalized spacial score (nSPS) is 26.7. The number of hydrogen-bond donors (Lipinski definition) is 2. The van der Waals surface area contributed by atoms with Crippen LogP contribution < -0.4 is 11.3 Å². The number of hydrazine groups is 1. The number of alkyl halides is 2. The molecule has 0 aliphatic heterocycles. The highest BCUT2D eigenvalue weighted by atomic mass is 35.5. The maximum Gasteiger partial charge on any atom is 0.121 e. The summed E-state index contributed by atoms with van der Waals surface area (Å²) in [5.41, 5.74) is 2.25. The van der Waals surface area contributed by atoms with Gasteiger partial charge in [0.15, 0.2) is 0 Å². The van der Waals surface area contributed by atoms with Crippen molar-refractivity contribution in [2.75, 3.05) is 7.05 Å². The summed E-state index contributed by atoms with van der Waals surface area (Å²) in [7, 11) is 1.65. The molecule has 1 aliphatic carbocycles. The van der Waals surface area contributed by atoms with Gasteiger partial charge >= 0.3 is 0 Å². The standard InChI is InChI=1S/C5H8Cl2.CH6N2/c1-2-4-3-5(4,6)7;1-3-2/h4H,2-3H2,1H3;3H,2H2,1H3. The smallest absolute Gasteiger partial charge is 0.121 e. The Morgan fingerprint density at radius 3 is 2.00 bits per heavy atom. The molecule has 0 aromatic rings. The zero-order chi connectivity index (χ0) is 8.20. The van der Waals surface area contributed by atoms with Crippen LogP contribution >= 0.6 is 23.2 Å². The fourth-order valence-electron chi connectivity index (χ4n) is 0.713. The summed E-state index contributed by atoms with van der Waals surface area (Å²) in [4.78, 5) is 0. The molecule has 0 aromatic heterocycles. The third kappa shape index (κ3) is 3.62. The Kier molecular flexibility index (Phi) is 4.61. The van der Waals surface area contributed by atoms with Crippen LogP contribution in [0.2, 0.25) is 0 Å². The molecule has 0 bridgehead atoms. The minimum Gasteiger partial charge on any atom is -0.272 e. The largest absolute Gasteiger partial charge is 0.272 e. The topological polar surface area (TPSA) is 38.0 Å². The highest BCUT2D eigenvalue weighted by Gasteiger charge is 2.49. The van der Waals surface area contributed by atoms with Crippen molar-refractivity contribution >= 4 is 23.2 Å². The monoisotopic (exact) mass is 184 g/mol. The van der Waals surface area contributed by atoms with E-state index < -0.39 is 0 Å². The molecular formula is C6H14Cl2N2. The predicted molar refractivity (Wildman–Crippen MR) is 46.1 cm³/mol. The molecule has 3 N–H and O–H groups in total. The van der Waals surface area contributed by atoms with Crippen LogP contribution in [0, 0.1) is 5.92 Å². The highest BCUT2D eigenvalue weighted by molar-refractivity contribution is 6.50. The van der Waals surface area contributed by atoms with E-state index >= 15 is 0 Å². The van der Waals surface area contributed by atoms with Crippen LogP contribution in [0.25, 0.3) is 0 Å². The first-order valence-corrected chi connectivity index (χ1v) is 4.09. The zero-order valence-electron chi connectivity index (χ0n) is 6.32. The van der Waals surface area contributed by atoms with Crippen LogP contribution in [0.15, 0.2) is 0 Å². The summed E-state index contributed by atoms with van der Waals surface area (Å²) in [5.74, 6) is 5.18. The van der Waals surface area contributed by atoms with Gasteiger partial charge in [-0.15, -0.1) is 23.2 Å². The Bertz CT molecular complexity index is 95.7. The fraction of sp³-hybridized carbons (Fsp3) is 1.00. The summed E-state index contributed by atoms with van der Waals surface area (Å²) in [6.07, 6.45) is 2.11. The van der Waals surface area contributed by atoms with Crippen molar-refractivity contribution in [1.82, 2.24) is 5.43 Å². The van der Waals surface area contributed by atoms with Gasteiger partial charge in [-0.05, 0) is 19.4 Å².